The fraction of sp³-hybridized carbons (Fsp3) is 0.357. The van der Waals surface area contributed by atoms with E-state index in [1.165, 1.54) is 6.33 Å². The van der Waals surface area contributed by atoms with Crippen LogP contribution in [0.2, 0.25) is 5.02 Å². The Bertz CT molecular complexity index is 739. The molecule has 0 amide bonds. The molecular formula is C14H14ClN3O2. The van der Waals surface area contributed by atoms with Crippen molar-refractivity contribution in [2.75, 3.05) is 0 Å². The number of hydrogen-bond donors (Lipinski definition) is 0. The fourth-order valence-corrected chi connectivity index (χ4v) is 2.52. The zero-order chi connectivity index (χ0) is 14.1. The Morgan fingerprint density at radius 3 is 3.10 bits per heavy atom. The Hall–Kier alpha value is -1.88. The zero-order valence-electron chi connectivity index (χ0n) is 11.0. The lowest BCUT2D eigenvalue weighted by molar-refractivity contribution is 0.0716. The molecule has 1 aromatic heterocycles. The first kappa shape index (κ1) is 13.1. The molecule has 1 aliphatic rings. The van der Waals surface area contributed by atoms with E-state index in [0.29, 0.717) is 22.5 Å². The van der Waals surface area contributed by atoms with Gasteiger partial charge in [-0.2, -0.15) is 0 Å². The van der Waals surface area contributed by atoms with Crippen LogP contribution < -0.4 is 5.56 Å². The number of para-hydroxylation sites is 1. The minimum absolute atomic E-state index is 0.0962. The van der Waals surface area contributed by atoms with Crippen LogP contribution in [0.1, 0.15) is 19.8 Å². The van der Waals surface area contributed by atoms with Gasteiger partial charge in [0.1, 0.15) is 0 Å². The molecule has 5 nitrogen and oxygen atoms in total. The van der Waals surface area contributed by atoms with E-state index < -0.39 is 0 Å². The molecule has 0 spiro atoms. The van der Waals surface area contributed by atoms with Crippen molar-refractivity contribution in [1.82, 2.24) is 9.55 Å². The van der Waals surface area contributed by atoms with Gasteiger partial charge >= 0.3 is 0 Å². The lowest BCUT2D eigenvalue weighted by Gasteiger charge is -2.11. The molecule has 6 heteroatoms. The number of nitrogens with zero attached hydrogens (tertiary/aromatic N) is 3. The van der Waals surface area contributed by atoms with Gasteiger partial charge in [0, 0.05) is 6.42 Å². The standard InChI is InChI=1S/C14H14ClN3O2/c1-2-9-6-10(20-17-9)7-18-8-16-13-11(14(18)19)4-3-5-12(13)15/h3-5,8,10H,2,6-7H2,1H3/t10-/m0/s1. The van der Waals surface area contributed by atoms with Crippen molar-refractivity contribution in [3.05, 3.63) is 39.9 Å². The van der Waals surface area contributed by atoms with Crippen molar-refractivity contribution in [1.29, 1.82) is 0 Å². The molecule has 1 aromatic carbocycles. The summed E-state index contributed by atoms with van der Waals surface area (Å²) in [7, 11) is 0. The molecule has 20 heavy (non-hydrogen) atoms. The van der Waals surface area contributed by atoms with Crippen LogP contribution in [0, 0.1) is 0 Å². The van der Waals surface area contributed by atoms with Crippen molar-refractivity contribution in [3.63, 3.8) is 0 Å². The van der Waals surface area contributed by atoms with Gasteiger partial charge in [0.15, 0.2) is 6.10 Å². The summed E-state index contributed by atoms with van der Waals surface area (Å²) < 4.78 is 1.55. The van der Waals surface area contributed by atoms with Crippen molar-refractivity contribution >= 4 is 28.2 Å². The number of halogens is 1. The summed E-state index contributed by atoms with van der Waals surface area (Å²) in [6, 6.07) is 5.21. The van der Waals surface area contributed by atoms with Crippen LogP contribution in [0.15, 0.2) is 34.5 Å². The maximum absolute atomic E-state index is 12.4. The molecule has 1 aliphatic heterocycles. The molecule has 0 aliphatic carbocycles. The Morgan fingerprint density at radius 1 is 1.50 bits per heavy atom. The van der Waals surface area contributed by atoms with Crippen molar-refractivity contribution in [2.45, 2.75) is 32.4 Å². The molecular weight excluding hydrogens is 278 g/mol. The van der Waals surface area contributed by atoms with Gasteiger partial charge in [0.2, 0.25) is 0 Å². The normalized spacial score (nSPS) is 18.1. The third-order valence-electron chi connectivity index (χ3n) is 3.41. The van der Waals surface area contributed by atoms with Crippen LogP contribution in [-0.2, 0) is 11.4 Å². The lowest BCUT2D eigenvalue weighted by Crippen LogP contribution is -2.27. The van der Waals surface area contributed by atoms with E-state index in [2.05, 4.69) is 10.1 Å². The van der Waals surface area contributed by atoms with Crippen LogP contribution in [0.3, 0.4) is 0 Å². The number of aromatic nitrogens is 2. The molecule has 0 radical (unpaired) electrons. The highest BCUT2D eigenvalue weighted by molar-refractivity contribution is 6.34. The van der Waals surface area contributed by atoms with E-state index in [1.54, 1.807) is 22.8 Å². The summed E-state index contributed by atoms with van der Waals surface area (Å²) in [5, 5.41) is 5.01. The predicted molar refractivity (Wildman–Crippen MR) is 78.2 cm³/mol. The number of benzene rings is 1. The molecule has 1 atom stereocenters. The Balaban J connectivity index is 1.90. The van der Waals surface area contributed by atoms with Gasteiger partial charge in [0.25, 0.3) is 5.56 Å². The first-order chi connectivity index (χ1) is 9.69. The summed E-state index contributed by atoms with van der Waals surface area (Å²) in [5.74, 6) is 0. The highest BCUT2D eigenvalue weighted by Crippen LogP contribution is 2.18. The second-order valence-corrected chi connectivity index (χ2v) is 5.19. The molecule has 0 N–H and O–H groups in total. The fourth-order valence-electron chi connectivity index (χ4n) is 2.30. The average Bonchev–Trinajstić information content (AvgIpc) is 2.90. The van der Waals surface area contributed by atoms with Gasteiger partial charge in [-0.05, 0) is 18.6 Å². The monoisotopic (exact) mass is 291 g/mol. The van der Waals surface area contributed by atoms with Crippen LogP contribution in [-0.4, -0.2) is 21.4 Å². The molecule has 0 bridgehead atoms. The minimum atomic E-state index is -0.106. The predicted octanol–water partition coefficient (Wildman–Crippen LogP) is 2.60. The van der Waals surface area contributed by atoms with Gasteiger partial charge in [-0.1, -0.05) is 29.7 Å². The molecule has 0 saturated carbocycles. The minimum Gasteiger partial charge on any atom is -0.390 e. The first-order valence-electron chi connectivity index (χ1n) is 6.54. The summed E-state index contributed by atoms with van der Waals surface area (Å²) in [6.07, 6.45) is 3.05. The third kappa shape index (κ3) is 2.29. The van der Waals surface area contributed by atoms with E-state index in [0.717, 1.165) is 18.6 Å². The number of fused-ring (bicyclic) bond motifs is 1. The van der Waals surface area contributed by atoms with Gasteiger partial charge < -0.3 is 4.84 Å². The van der Waals surface area contributed by atoms with Crippen LogP contribution in [0.25, 0.3) is 10.9 Å². The molecule has 2 aromatic rings. The highest BCUT2D eigenvalue weighted by atomic mass is 35.5. The van der Waals surface area contributed by atoms with Crippen LogP contribution >= 0.6 is 11.6 Å². The van der Waals surface area contributed by atoms with Gasteiger partial charge in [-0.3, -0.25) is 9.36 Å². The topological polar surface area (TPSA) is 56.5 Å². The average molecular weight is 292 g/mol. The van der Waals surface area contributed by atoms with Gasteiger partial charge in [-0.25, -0.2) is 4.98 Å². The summed E-state index contributed by atoms with van der Waals surface area (Å²) in [5.41, 5.74) is 1.46. The summed E-state index contributed by atoms with van der Waals surface area (Å²) in [6.45, 7) is 2.48. The second kappa shape index (κ2) is 5.25. The third-order valence-corrected chi connectivity index (χ3v) is 3.71. The molecule has 2 heterocycles. The zero-order valence-corrected chi connectivity index (χ0v) is 11.8. The Labute approximate surface area is 120 Å². The summed E-state index contributed by atoms with van der Waals surface area (Å²) >= 11 is 6.04. The van der Waals surface area contributed by atoms with Crippen molar-refractivity contribution in [3.8, 4) is 0 Å². The number of hydrogen-bond acceptors (Lipinski definition) is 4. The number of rotatable bonds is 3. The van der Waals surface area contributed by atoms with E-state index >= 15 is 0 Å². The number of oxime groups is 1. The van der Waals surface area contributed by atoms with Crippen molar-refractivity contribution < 1.29 is 4.84 Å². The van der Waals surface area contributed by atoms with Crippen LogP contribution in [0.4, 0.5) is 0 Å². The first-order valence-corrected chi connectivity index (χ1v) is 6.92. The molecule has 0 unspecified atom stereocenters. The lowest BCUT2D eigenvalue weighted by atomic mass is 10.1. The Morgan fingerprint density at radius 2 is 2.35 bits per heavy atom. The smallest absolute Gasteiger partial charge is 0.261 e. The largest absolute Gasteiger partial charge is 0.390 e. The maximum Gasteiger partial charge on any atom is 0.261 e. The maximum atomic E-state index is 12.4. The van der Waals surface area contributed by atoms with Crippen molar-refractivity contribution in [2.24, 2.45) is 5.16 Å². The van der Waals surface area contributed by atoms with E-state index in [4.69, 9.17) is 16.4 Å². The highest BCUT2D eigenvalue weighted by Gasteiger charge is 2.21. The Kier molecular flexibility index (Phi) is 3.44. The molecule has 104 valence electrons. The second-order valence-electron chi connectivity index (χ2n) is 4.78. The SMILES string of the molecule is CCC1=NO[C@H](Cn2cnc3c(Cl)cccc3c2=O)C1. The molecule has 3 rings (SSSR count). The van der Waals surface area contributed by atoms with Gasteiger partial charge in [-0.15, -0.1) is 0 Å². The van der Waals surface area contributed by atoms with E-state index in [9.17, 15) is 4.79 Å². The molecule has 0 fully saturated rings. The van der Waals surface area contributed by atoms with E-state index in [-0.39, 0.29) is 11.7 Å². The van der Waals surface area contributed by atoms with Crippen LogP contribution in [0.5, 0.6) is 0 Å². The van der Waals surface area contributed by atoms with E-state index in [1.807, 2.05) is 6.92 Å². The quantitative estimate of drug-likeness (QED) is 0.873. The summed E-state index contributed by atoms with van der Waals surface area (Å²) in [4.78, 5) is 22.0. The van der Waals surface area contributed by atoms with Gasteiger partial charge in [0.05, 0.1) is 34.5 Å². The molecule has 0 saturated heterocycles.